The number of rotatable bonds is 7. The van der Waals surface area contributed by atoms with Crippen LogP contribution in [0.25, 0.3) is 0 Å². The Morgan fingerprint density at radius 3 is 2.30 bits per heavy atom. The van der Waals surface area contributed by atoms with Crippen molar-refractivity contribution in [2.24, 2.45) is 29.6 Å². The minimum atomic E-state index is -0.386. The van der Waals surface area contributed by atoms with Crippen LogP contribution < -0.4 is 24.6 Å². The summed E-state index contributed by atoms with van der Waals surface area (Å²) in [6.07, 6.45) is 0.811. The molecule has 4 aliphatic rings. The molecular formula is C34H28ClN3O6S2. The fraction of sp³-hybridized carbons (Fsp3) is 0.294. The number of hydrogen-bond donors (Lipinski definition) is 2. The topological polar surface area (TPSA) is 118 Å². The Labute approximate surface area is 277 Å². The summed E-state index contributed by atoms with van der Waals surface area (Å²) in [6, 6.07) is 21.5. The average molecular weight is 674 g/mol. The second kappa shape index (κ2) is 11.3. The molecule has 1 aromatic heterocycles. The highest BCUT2D eigenvalue weighted by molar-refractivity contribution is 8.00. The van der Waals surface area contributed by atoms with Gasteiger partial charge in [-0.25, -0.2) is 0 Å². The standard InChI is InChI=1S/C34H28ClN3O6S2/c1-43-20-12-8-19(9-13-20)38-32(40)27-22-14-23(28(27)33(38)41)29-26(22)25(30-31(45-29)37-34(42)46-30)16-2-10-21(11-3-16)44-15-24(39)36-18-6-4-17(35)5-7-18/h2-13,22-23,25-29H,14-15H2,1H3,(H,36,39)(H,37,42)/t22-,23-,25-,26?,27?,28?,29?/m1/s1. The molecule has 2 aliphatic carbocycles. The van der Waals surface area contributed by atoms with Gasteiger partial charge in [-0.3, -0.25) is 24.1 Å². The number of aromatic amines is 1. The lowest BCUT2D eigenvalue weighted by molar-refractivity contribution is -0.123. The third-order valence-corrected chi connectivity index (χ3v) is 12.6. The van der Waals surface area contributed by atoms with Gasteiger partial charge in [-0.05, 0) is 90.4 Å². The van der Waals surface area contributed by atoms with Crippen LogP contribution in [0.4, 0.5) is 11.4 Å². The maximum absolute atomic E-state index is 14.0. The van der Waals surface area contributed by atoms with Crippen molar-refractivity contribution < 1.29 is 23.9 Å². The fourth-order valence-electron chi connectivity index (χ4n) is 8.03. The molecule has 3 fully saturated rings. The maximum Gasteiger partial charge on any atom is 0.305 e. The van der Waals surface area contributed by atoms with Gasteiger partial charge in [0.2, 0.25) is 11.8 Å². The SMILES string of the molecule is COc1ccc(N2C(=O)C3C(C2=O)[C@@H]2C[C@H]3C3Sc4[nH]c(=O)sc4[C@H](c4ccc(OCC(=O)Nc5ccc(Cl)cc5)cc4)C32)cc1. The number of hydrogen-bond acceptors (Lipinski definition) is 8. The molecule has 234 valence electrons. The number of anilines is 2. The summed E-state index contributed by atoms with van der Waals surface area (Å²) in [4.78, 5) is 58.1. The number of amides is 3. The van der Waals surface area contributed by atoms with Gasteiger partial charge in [-0.1, -0.05) is 35.1 Å². The number of thiazole rings is 1. The molecule has 8 rings (SSSR count). The van der Waals surface area contributed by atoms with Crippen LogP contribution in [0.15, 0.2) is 82.6 Å². The van der Waals surface area contributed by atoms with E-state index in [-0.39, 0.29) is 70.0 Å². The minimum absolute atomic E-state index is 0.00930. The Hall–Kier alpha value is -4.06. The quantitative estimate of drug-likeness (QED) is 0.238. The number of thioether (sulfide) groups is 1. The van der Waals surface area contributed by atoms with Gasteiger partial charge in [-0.2, -0.15) is 0 Å². The van der Waals surface area contributed by atoms with E-state index in [1.54, 1.807) is 67.4 Å². The van der Waals surface area contributed by atoms with Crippen molar-refractivity contribution in [1.29, 1.82) is 0 Å². The molecule has 2 bridgehead atoms. The predicted molar refractivity (Wildman–Crippen MR) is 176 cm³/mol. The van der Waals surface area contributed by atoms with Crippen LogP contribution in [-0.2, 0) is 14.4 Å². The summed E-state index contributed by atoms with van der Waals surface area (Å²) in [5.41, 5.74) is 2.21. The lowest BCUT2D eigenvalue weighted by atomic mass is 9.68. The number of imide groups is 1. The van der Waals surface area contributed by atoms with Crippen molar-refractivity contribution in [2.45, 2.75) is 22.6 Å². The van der Waals surface area contributed by atoms with Crippen LogP contribution in [0, 0.1) is 29.6 Å². The average Bonchev–Trinajstić information content (AvgIpc) is 3.80. The molecular weight excluding hydrogens is 646 g/mol. The lowest BCUT2D eigenvalue weighted by Crippen LogP contribution is -2.42. The fourth-order valence-corrected chi connectivity index (χ4v) is 11.0. The Kier molecular flexibility index (Phi) is 7.23. The van der Waals surface area contributed by atoms with Gasteiger partial charge >= 0.3 is 4.87 Å². The number of nitrogens with zero attached hydrogens (tertiary/aromatic N) is 1. The van der Waals surface area contributed by atoms with Crippen LogP contribution in [0.3, 0.4) is 0 Å². The first-order valence-corrected chi connectivity index (χ1v) is 17.1. The number of benzene rings is 3. The summed E-state index contributed by atoms with van der Waals surface area (Å²) >= 11 is 8.80. The Morgan fingerprint density at radius 2 is 1.61 bits per heavy atom. The smallest absolute Gasteiger partial charge is 0.305 e. The van der Waals surface area contributed by atoms with Crippen LogP contribution in [-0.4, -0.2) is 41.7 Å². The Bertz CT molecular complexity index is 1910. The molecule has 3 aromatic carbocycles. The van der Waals surface area contributed by atoms with Gasteiger partial charge in [-0.15, -0.1) is 11.8 Å². The largest absolute Gasteiger partial charge is 0.497 e. The molecule has 9 nitrogen and oxygen atoms in total. The van der Waals surface area contributed by atoms with Crippen LogP contribution in [0.1, 0.15) is 22.8 Å². The van der Waals surface area contributed by atoms with Crippen LogP contribution >= 0.6 is 34.7 Å². The van der Waals surface area contributed by atoms with E-state index in [2.05, 4.69) is 10.3 Å². The summed E-state index contributed by atoms with van der Waals surface area (Å²) < 4.78 is 11.0. The van der Waals surface area contributed by atoms with Gasteiger partial charge in [0.25, 0.3) is 5.91 Å². The Balaban J connectivity index is 1.05. The van der Waals surface area contributed by atoms with Gasteiger partial charge in [0.15, 0.2) is 6.61 Å². The van der Waals surface area contributed by atoms with Crippen molar-refractivity contribution in [1.82, 2.24) is 4.98 Å². The molecule has 0 spiro atoms. The summed E-state index contributed by atoms with van der Waals surface area (Å²) in [6.45, 7) is -0.163. The number of nitrogens with one attached hydrogen (secondary N) is 2. The first-order chi connectivity index (χ1) is 22.3. The lowest BCUT2D eigenvalue weighted by Gasteiger charge is -2.43. The first kappa shape index (κ1) is 29.3. The summed E-state index contributed by atoms with van der Waals surface area (Å²) in [7, 11) is 1.58. The highest BCUT2D eigenvalue weighted by atomic mass is 35.5. The van der Waals surface area contributed by atoms with Crippen molar-refractivity contribution in [3.63, 3.8) is 0 Å². The van der Waals surface area contributed by atoms with E-state index in [1.807, 2.05) is 24.3 Å². The second-order valence-electron chi connectivity index (χ2n) is 12.1. The van der Waals surface area contributed by atoms with Gasteiger partial charge in [0.05, 0.1) is 29.7 Å². The molecule has 46 heavy (non-hydrogen) atoms. The third kappa shape index (κ3) is 4.75. The van der Waals surface area contributed by atoms with E-state index in [9.17, 15) is 19.2 Å². The molecule has 0 radical (unpaired) electrons. The normalized spacial score (nSPS) is 27.3. The Morgan fingerprint density at radius 1 is 0.935 bits per heavy atom. The van der Waals surface area contributed by atoms with E-state index >= 15 is 0 Å². The number of aromatic nitrogens is 1. The van der Waals surface area contributed by atoms with E-state index in [0.29, 0.717) is 27.9 Å². The number of ether oxygens (including phenoxy) is 2. The van der Waals surface area contributed by atoms with Gasteiger partial charge in [0, 0.05) is 26.8 Å². The number of halogens is 1. The number of carbonyl (C=O) groups excluding carboxylic acids is 3. The number of fused-ring (bicyclic) bond motifs is 9. The van der Waals surface area contributed by atoms with E-state index in [4.69, 9.17) is 21.1 Å². The number of carbonyl (C=O) groups is 3. The number of H-pyrrole nitrogens is 1. The zero-order chi connectivity index (χ0) is 31.7. The predicted octanol–water partition coefficient (Wildman–Crippen LogP) is 5.79. The van der Waals surface area contributed by atoms with E-state index in [0.717, 1.165) is 21.9 Å². The third-order valence-electron chi connectivity index (χ3n) is 9.79. The van der Waals surface area contributed by atoms with Crippen molar-refractivity contribution in [3.8, 4) is 11.5 Å². The second-order valence-corrected chi connectivity index (χ2v) is 14.7. The monoisotopic (exact) mass is 673 g/mol. The summed E-state index contributed by atoms with van der Waals surface area (Å²) in [5.74, 6) is -0.0976. The molecule has 3 heterocycles. The van der Waals surface area contributed by atoms with Crippen LogP contribution in [0.5, 0.6) is 11.5 Å². The number of methoxy groups -OCH3 is 1. The first-order valence-electron chi connectivity index (χ1n) is 15.0. The molecule has 7 atom stereocenters. The van der Waals surface area contributed by atoms with Crippen molar-refractivity contribution >= 4 is 63.8 Å². The van der Waals surface area contributed by atoms with Crippen molar-refractivity contribution in [3.05, 3.63) is 97.9 Å². The van der Waals surface area contributed by atoms with Crippen molar-refractivity contribution in [2.75, 3.05) is 23.9 Å². The van der Waals surface area contributed by atoms with Gasteiger partial charge < -0.3 is 19.8 Å². The maximum atomic E-state index is 14.0. The van der Waals surface area contributed by atoms with Gasteiger partial charge in [0.1, 0.15) is 11.5 Å². The molecule has 2 N–H and O–H groups in total. The molecule has 12 heteroatoms. The molecule has 4 unspecified atom stereocenters. The van der Waals surface area contributed by atoms with E-state index in [1.165, 1.54) is 16.2 Å². The molecule has 4 aromatic rings. The summed E-state index contributed by atoms with van der Waals surface area (Å²) in [5, 5.41) is 4.31. The molecule has 3 amide bonds. The molecule has 2 aliphatic heterocycles. The molecule has 2 saturated carbocycles. The molecule has 1 saturated heterocycles. The minimum Gasteiger partial charge on any atom is -0.497 e. The van der Waals surface area contributed by atoms with Crippen LogP contribution in [0.2, 0.25) is 5.02 Å². The highest BCUT2D eigenvalue weighted by Crippen LogP contribution is 2.68. The highest BCUT2D eigenvalue weighted by Gasteiger charge is 2.69. The zero-order valence-corrected chi connectivity index (χ0v) is 26.9. The zero-order valence-electron chi connectivity index (χ0n) is 24.5. The van der Waals surface area contributed by atoms with E-state index < -0.39 is 0 Å².